The zero-order valence-electron chi connectivity index (χ0n) is 13.5. The Balaban J connectivity index is 2.93. The Morgan fingerprint density at radius 3 is 2.22 bits per heavy atom. The van der Waals surface area contributed by atoms with Gasteiger partial charge in [-0.15, -0.1) is 0 Å². The largest absolute Gasteiger partial charge is 0.416 e. The van der Waals surface area contributed by atoms with E-state index >= 15 is 0 Å². The molecule has 0 fully saturated rings. The van der Waals surface area contributed by atoms with Crippen molar-refractivity contribution in [1.82, 2.24) is 10.2 Å². The van der Waals surface area contributed by atoms with E-state index in [0.717, 1.165) is 30.8 Å². The van der Waals surface area contributed by atoms with Gasteiger partial charge >= 0.3 is 6.18 Å². The lowest BCUT2D eigenvalue weighted by atomic mass is 10.0. The standard InChI is InChI=1S/C16H24F3N3O/c1-3-22(4-2)14(11-21-15(23)9-10-20)12-5-7-13(8-6-12)16(17,18)19/h5-8,14H,3-4,9-11,20H2,1-2H3,(H,21,23). The third-order valence-electron chi connectivity index (χ3n) is 3.74. The molecule has 1 aromatic rings. The lowest BCUT2D eigenvalue weighted by Crippen LogP contribution is -2.38. The molecule has 4 nitrogen and oxygen atoms in total. The van der Waals surface area contributed by atoms with E-state index in [0.29, 0.717) is 6.54 Å². The van der Waals surface area contributed by atoms with Crippen LogP contribution in [0, 0.1) is 0 Å². The Kier molecular flexibility index (Phi) is 7.51. The van der Waals surface area contributed by atoms with E-state index < -0.39 is 11.7 Å². The van der Waals surface area contributed by atoms with Crippen molar-refractivity contribution < 1.29 is 18.0 Å². The third kappa shape index (κ3) is 5.84. The fourth-order valence-electron chi connectivity index (χ4n) is 2.45. The molecule has 0 aliphatic heterocycles. The van der Waals surface area contributed by atoms with Crippen molar-refractivity contribution in [3.05, 3.63) is 35.4 Å². The highest BCUT2D eigenvalue weighted by Gasteiger charge is 2.30. The second-order valence-electron chi connectivity index (χ2n) is 5.20. The van der Waals surface area contributed by atoms with Crippen LogP contribution in [0.3, 0.4) is 0 Å². The molecule has 1 aromatic carbocycles. The highest BCUT2D eigenvalue weighted by atomic mass is 19.4. The number of carbonyl (C=O) groups excluding carboxylic acids is 1. The maximum Gasteiger partial charge on any atom is 0.416 e. The molecule has 3 N–H and O–H groups in total. The molecular weight excluding hydrogens is 307 g/mol. The molecule has 0 aromatic heterocycles. The summed E-state index contributed by atoms with van der Waals surface area (Å²) in [7, 11) is 0. The van der Waals surface area contributed by atoms with Crippen molar-refractivity contribution in [3.63, 3.8) is 0 Å². The molecule has 0 radical (unpaired) electrons. The molecule has 0 aliphatic rings. The monoisotopic (exact) mass is 331 g/mol. The average molecular weight is 331 g/mol. The van der Waals surface area contributed by atoms with Crippen LogP contribution in [0.1, 0.15) is 37.4 Å². The van der Waals surface area contributed by atoms with Gasteiger partial charge in [-0.05, 0) is 30.8 Å². The van der Waals surface area contributed by atoms with Crippen LogP contribution >= 0.6 is 0 Å². The van der Waals surface area contributed by atoms with Crippen LogP contribution in [0.2, 0.25) is 0 Å². The smallest absolute Gasteiger partial charge is 0.354 e. The minimum absolute atomic E-state index is 0.156. The van der Waals surface area contributed by atoms with Crippen molar-refractivity contribution in [3.8, 4) is 0 Å². The van der Waals surface area contributed by atoms with Crippen LogP contribution in [0.15, 0.2) is 24.3 Å². The van der Waals surface area contributed by atoms with Gasteiger partial charge in [-0.1, -0.05) is 26.0 Å². The minimum atomic E-state index is -4.35. The van der Waals surface area contributed by atoms with Crippen LogP contribution in [0.5, 0.6) is 0 Å². The van der Waals surface area contributed by atoms with E-state index in [4.69, 9.17) is 5.73 Å². The van der Waals surface area contributed by atoms with E-state index in [-0.39, 0.29) is 24.9 Å². The van der Waals surface area contributed by atoms with Gasteiger partial charge in [0.25, 0.3) is 0 Å². The van der Waals surface area contributed by atoms with Gasteiger partial charge in [-0.2, -0.15) is 13.2 Å². The predicted molar refractivity (Wildman–Crippen MR) is 83.8 cm³/mol. The number of amides is 1. The van der Waals surface area contributed by atoms with Crippen molar-refractivity contribution in [2.75, 3.05) is 26.2 Å². The summed E-state index contributed by atoms with van der Waals surface area (Å²) < 4.78 is 38.0. The van der Waals surface area contributed by atoms with Crippen LogP contribution in [0.25, 0.3) is 0 Å². The number of rotatable bonds is 8. The van der Waals surface area contributed by atoms with Gasteiger partial charge in [0.1, 0.15) is 0 Å². The molecule has 1 unspecified atom stereocenters. The zero-order chi connectivity index (χ0) is 17.5. The normalized spacial score (nSPS) is 13.2. The third-order valence-corrected chi connectivity index (χ3v) is 3.74. The molecule has 0 saturated carbocycles. The number of alkyl halides is 3. The number of nitrogens with one attached hydrogen (secondary N) is 1. The summed E-state index contributed by atoms with van der Waals surface area (Å²) in [6, 6.07) is 4.93. The molecule has 1 atom stereocenters. The lowest BCUT2D eigenvalue weighted by Gasteiger charge is -2.30. The Labute approximate surface area is 134 Å². The Bertz CT molecular complexity index is 484. The number of nitrogens with two attached hydrogens (primary N) is 1. The maximum absolute atomic E-state index is 12.7. The van der Waals surface area contributed by atoms with E-state index in [1.165, 1.54) is 12.1 Å². The van der Waals surface area contributed by atoms with E-state index in [9.17, 15) is 18.0 Å². The molecule has 0 heterocycles. The highest BCUT2D eigenvalue weighted by Crippen LogP contribution is 2.30. The summed E-state index contributed by atoms with van der Waals surface area (Å²) in [6.45, 7) is 6.02. The molecule has 7 heteroatoms. The second-order valence-corrected chi connectivity index (χ2v) is 5.20. The predicted octanol–water partition coefficient (Wildman–Crippen LogP) is 2.55. The molecule has 130 valence electrons. The summed E-state index contributed by atoms with van der Waals surface area (Å²) in [5, 5.41) is 2.79. The number of likely N-dealkylation sites (N-methyl/N-ethyl adjacent to an activating group) is 1. The van der Waals surface area contributed by atoms with Crippen LogP contribution in [-0.4, -0.2) is 37.0 Å². The highest BCUT2D eigenvalue weighted by molar-refractivity contribution is 5.76. The van der Waals surface area contributed by atoms with Crippen molar-refractivity contribution in [2.24, 2.45) is 5.73 Å². The molecule has 0 saturated heterocycles. The minimum Gasteiger partial charge on any atom is -0.354 e. The molecule has 0 bridgehead atoms. The van der Waals surface area contributed by atoms with Crippen molar-refractivity contribution in [1.29, 1.82) is 0 Å². The maximum atomic E-state index is 12.7. The van der Waals surface area contributed by atoms with Gasteiger partial charge in [0.15, 0.2) is 0 Å². The van der Waals surface area contributed by atoms with Gasteiger partial charge in [0, 0.05) is 19.5 Å². The van der Waals surface area contributed by atoms with Crippen molar-refractivity contribution in [2.45, 2.75) is 32.5 Å². The van der Waals surface area contributed by atoms with Gasteiger partial charge in [0.05, 0.1) is 11.6 Å². The SMILES string of the molecule is CCN(CC)C(CNC(=O)CCN)c1ccc(C(F)(F)F)cc1. The number of nitrogens with zero attached hydrogens (tertiary/aromatic N) is 1. The van der Waals surface area contributed by atoms with E-state index in [2.05, 4.69) is 10.2 Å². The van der Waals surface area contributed by atoms with E-state index in [1.54, 1.807) is 0 Å². The summed E-state index contributed by atoms with van der Waals surface area (Å²) in [5.74, 6) is -0.156. The fraction of sp³-hybridized carbons (Fsp3) is 0.562. The zero-order valence-corrected chi connectivity index (χ0v) is 13.5. The van der Waals surface area contributed by atoms with Gasteiger partial charge in [-0.25, -0.2) is 0 Å². The summed E-state index contributed by atoms with van der Waals surface area (Å²) >= 11 is 0. The lowest BCUT2D eigenvalue weighted by molar-refractivity contribution is -0.137. The summed E-state index contributed by atoms with van der Waals surface area (Å²) in [5.41, 5.74) is 5.41. The summed E-state index contributed by atoms with van der Waals surface area (Å²) in [4.78, 5) is 13.7. The molecule has 0 aliphatic carbocycles. The number of carbonyl (C=O) groups is 1. The fourth-order valence-corrected chi connectivity index (χ4v) is 2.45. The topological polar surface area (TPSA) is 58.4 Å². The first-order valence-corrected chi connectivity index (χ1v) is 7.71. The number of hydrogen-bond acceptors (Lipinski definition) is 3. The Hall–Kier alpha value is -1.60. The van der Waals surface area contributed by atoms with Crippen LogP contribution in [0.4, 0.5) is 13.2 Å². The van der Waals surface area contributed by atoms with Gasteiger partial charge < -0.3 is 11.1 Å². The van der Waals surface area contributed by atoms with Gasteiger partial charge in [-0.3, -0.25) is 9.69 Å². The quantitative estimate of drug-likeness (QED) is 0.770. The molecule has 0 spiro atoms. The number of benzene rings is 1. The first-order valence-electron chi connectivity index (χ1n) is 7.71. The average Bonchev–Trinajstić information content (AvgIpc) is 2.51. The Morgan fingerprint density at radius 2 is 1.78 bits per heavy atom. The molecular formula is C16H24F3N3O. The first kappa shape index (κ1) is 19.4. The molecule has 1 amide bonds. The first-order chi connectivity index (χ1) is 10.8. The number of hydrogen-bond donors (Lipinski definition) is 2. The molecule has 1 rings (SSSR count). The Morgan fingerprint density at radius 1 is 1.22 bits per heavy atom. The summed E-state index contributed by atoms with van der Waals surface area (Å²) in [6.07, 6.45) is -4.11. The van der Waals surface area contributed by atoms with Crippen LogP contribution < -0.4 is 11.1 Å². The van der Waals surface area contributed by atoms with E-state index in [1.807, 2.05) is 13.8 Å². The van der Waals surface area contributed by atoms with Crippen LogP contribution in [-0.2, 0) is 11.0 Å². The van der Waals surface area contributed by atoms with Crippen molar-refractivity contribution >= 4 is 5.91 Å². The van der Waals surface area contributed by atoms with Gasteiger partial charge in [0.2, 0.25) is 5.91 Å². The second kappa shape index (κ2) is 8.88. The molecule has 23 heavy (non-hydrogen) atoms. The number of halogens is 3.